The highest BCUT2D eigenvalue weighted by atomic mass is 32.2. The number of rotatable bonds is 31. The van der Waals surface area contributed by atoms with Gasteiger partial charge in [0, 0.05) is 83.3 Å². The molecule has 0 amide bonds. The maximum atomic E-state index is 10.9. The van der Waals surface area contributed by atoms with Crippen LogP contribution in [-0.2, 0) is 80.6 Å². The van der Waals surface area contributed by atoms with Crippen LogP contribution >= 0.6 is 0 Å². The van der Waals surface area contributed by atoms with Crippen molar-refractivity contribution >= 4 is 10.1 Å². The van der Waals surface area contributed by atoms with Crippen LogP contribution in [0.3, 0.4) is 0 Å². The van der Waals surface area contributed by atoms with Crippen LogP contribution in [0.1, 0.15) is 116 Å². The first-order chi connectivity index (χ1) is 31.3. The molecule has 2 N–H and O–H groups in total. The molecule has 3 saturated heterocycles. The highest BCUT2D eigenvalue weighted by Crippen LogP contribution is 2.23. The van der Waals surface area contributed by atoms with Crippen molar-refractivity contribution in [1.29, 1.82) is 0 Å². The molecular weight excluding hydrogens is 877 g/mol. The summed E-state index contributed by atoms with van der Waals surface area (Å²) in [6.07, 6.45) is 14.7. The van der Waals surface area contributed by atoms with E-state index in [0.717, 1.165) is 90.1 Å². The Hall–Kier alpha value is -0.990. The standard InChI is InChI=1S/C13H26O7S.C13H26O4.C12H24O5.C7H14O3/c1-16-13(17-2)11(7-6-10-19-21(3,14)15)20-12-8-4-5-9-18-12;1-4-5-8-11(13(14-2)15-3)17-12-9-6-7-10-16-12;1-14-12(15-2)10(6-5-8-13)17-11-7-3-4-9-16-11;1-4-5-6(8)7(9-2)10-3/h11-13H,4-10H2,1-3H3;11-13H,4-10H2,1-3H3;10-13H,3-9H2,1-2H3;4,6-8H,1,5H2,2-3H3. The number of hydrogen-bond donors (Lipinski definition) is 2. The SMILES string of the molecule is C=CCC(O)C(OC)OC.CCCCC(OC1CCCCO1)C(OC)OC.COC(OC)C(CCCO)OC1CCCCO1.COC(OC)C(CCCOS(C)(=O)=O)OC1CCCCO1. The van der Waals surface area contributed by atoms with Crippen molar-refractivity contribution in [3.63, 3.8) is 0 Å². The Bertz CT molecular complexity index is 1100. The summed E-state index contributed by atoms with van der Waals surface area (Å²) < 4.78 is 102. The van der Waals surface area contributed by atoms with Gasteiger partial charge in [-0.1, -0.05) is 25.8 Å². The quantitative estimate of drug-likeness (QED) is 0.0363. The van der Waals surface area contributed by atoms with Gasteiger partial charge in [0.15, 0.2) is 44.0 Å². The molecule has 3 heterocycles. The van der Waals surface area contributed by atoms with Gasteiger partial charge in [-0.3, -0.25) is 4.18 Å². The highest BCUT2D eigenvalue weighted by molar-refractivity contribution is 7.85. The second-order valence-electron chi connectivity index (χ2n) is 15.5. The summed E-state index contributed by atoms with van der Waals surface area (Å²) in [5.74, 6) is 0. The molecule has 0 aromatic rings. The minimum absolute atomic E-state index is 0.0342. The third-order valence-electron chi connectivity index (χ3n) is 10.3. The minimum Gasteiger partial charge on any atom is -0.396 e. The fraction of sp³-hybridized carbons (Fsp3) is 0.956. The molecule has 0 bridgehead atoms. The Morgan fingerprint density at radius 2 is 0.938 bits per heavy atom. The van der Waals surface area contributed by atoms with Crippen molar-refractivity contribution in [3.8, 4) is 0 Å². The molecule has 3 aliphatic rings. The van der Waals surface area contributed by atoms with E-state index in [1.807, 2.05) is 0 Å². The van der Waals surface area contributed by atoms with Gasteiger partial charge in [0.05, 0.1) is 12.9 Å². The van der Waals surface area contributed by atoms with Crippen LogP contribution < -0.4 is 0 Å². The molecule has 3 rings (SSSR count). The zero-order valence-electron chi connectivity index (χ0n) is 41.4. The third kappa shape index (κ3) is 31.7. The van der Waals surface area contributed by atoms with Crippen molar-refractivity contribution in [2.45, 2.75) is 185 Å². The van der Waals surface area contributed by atoms with Crippen LogP contribution in [0.5, 0.6) is 0 Å². The third-order valence-corrected chi connectivity index (χ3v) is 10.9. The van der Waals surface area contributed by atoms with Gasteiger partial charge in [0.2, 0.25) is 0 Å². The summed E-state index contributed by atoms with van der Waals surface area (Å²) in [5.41, 5.74) is 0. The predicted molar refractivity (Wildman–Crippen MR) is 243 cm³/mol. The average molecular weight is 967 g/mol. The van der Waals surface area contributed by atoms with Gasteiger partial charge >= 0.3 is 0 Å². The first-order valence-electron chi connectivity index (χ1n) is 23.1. The molecule has 0 radical (unpaired) electrons. The van der Waals surface area contributed by atoms with E-state index >= 15 is 0 Å². The number of unbranched alkanes of at least 4 members (excludes halogenated alkanes) is 1. The topological polar surface area (TPSA) is 213 Å². The lowest BCUT2D eigenvalue weighted by molar-refractivity contribution is -0.252. The monoisotopic (exact) mass is 967 g/mol. The van der Waals surface area contributed by atoms with Crippen molar-refractivity contribution in [2.24, 2.45) is 0 Å². The first-order valence-corrected chi connectivity index (χ1v) is 24.9. The van der Waals surface area contributed by atoms with Crippen molar-refractivity contribution < 1.29 is 89.1 Å². The predicted octanol–water partition coefficient (Wildman–Crippen LogP) is 5.81. The molecule has 3 aliphatic heterocycles. The summed E-state index contributed by atoms with van der Waals surface area (Å²) >= 11 is 0. The highest BCUT2D eigenvalue weighted by Gasteiger charge is 2.29. The maximum absolute atomic E-state index is 10.9. The molecular formula is C45H90O19S. The van der Waals surface area contributed by atoms with Crippen LogP contribution in [0.15, 0.2) is 12.7 Å². The van der Waals surface area contributed by atoms with Gasteiger partial charge < -0.3 is 76.5 Å². The summed E-state index contributed by atoms with van der Waals surface area (Å²) in [6.45, 7) is 8.16. The normalized spacial score (nSPS) is 21.1. The minimum atomic E-state index is -3.41. The molecule has 19 nitrogen and oxygen atoms in total. The van der Waals surface area contributed by atoms with Gasteiger partial charge in [-0.15, -0.1) is 6.58 Å². The lowest BCUT2D eigenvalue weighted by atomic mass is 10.1. The van der Waals surface area contributed by atoms with E-state index in [-0.39, 0.29) is 56.7 Å². The summed E-state index contributed by atoms with van der Waals surface area (Å²) in [7, 11) is 9.13. The van der Waals surface area contributed by atoms with E-state index in [4.69, 9.17) is 75.6 Å². The Labute approximate surface area is 391 Å². The van der Waals surface area contributed by atoms with Gasteiger partial charge in [-0.25, -0.2) is 0 Å². The van der Waals surface area contributed by atoms with E-state index in [1.165, 1.54) is 20.6 Å². The molecule has 7 atom stereocenters. The van der Waals surface area contributed by atoms with Gasteiger partial charge in [-0.05, 0) is 96.3 Å². The lowest BCUT2D eigenvalue weighted by Gasteiger charge is -2.31. The van der Waals surface area contributed by atoms with Crippen LogP contribution in [-0.4, -0.2) is 183 Å². The van der Waals surface area contributed by atoms with Crippen molar-refractivity contribution in [3.05, 3.63) is 12.7 Å². The van der Waals surface area contributed by atoms with Crippen LogP contribution in [0.25, 0.3) is 0 Å². The number of aliphatic hydroxyl groups is 2. The fourth-order valence-corrected chi connectivity index (χ4v) is 7.35. The number of hydrogen-bond acceptors (Lipinski definition) is 19. The second kappa shape index (κ2) is 41.9. The van der Waals surface area contributed by atoms with Gasteiger partial charge in [-0.2, -0.15) is 8.42 Å². The van der Waals surface area contributed by atoms with Gasteiger partial charge in [0.1, 0.15) is 24.4 Å². The van der Waals surface area contributed by atoms with Gasteiger partial charge in [0.25, 0.3) is 10.1 Å². The Kier molecular flexibility index (Phi) is 41.3. The maximum Gasteiger partial charge on any atom is 0.264 e. The molecule has 65 heavy (non-hydrogen) atoms. The zero-order valence-corrected chi connectivity index (χ0v) is 42.3. The van der Waals surface area contributed by atoms with E-state index in [1.54, 1.807) is 48.7 Å². The fourth-order valence-electron chi connectivity index (χ4n) is 6.93. The van der Waals surface area contributed by atoms with Crippen LogP contribution in [0.2, 0.25) is 0 Å². The molecule has 20 heteroatoms. The molecule has 0 saturated carbocycles. The Balaban J connectivity index is 0.000000864. The van der Waals surface area contributed by atoms with E-state index in [0.29, 0.717) is 38.7 Å². The van der Waals surface area contributed by atoms with Crippen LogP contribution in [0.4, 0.5) is 0 Å². The molecule has 0 spiro atoms. The molecule has 0 aromatic carbocycles. The molecule has 7 unspecified atom stereocenters. The molecule has 0 aromatic heterocycles. The van der Waals surface area contributed by atoms with E-state index in [9.17, 15) is 13.5 Å². The summed E-state index contributed by atoms with van der Waals surface area (Å²) in [5, 5.41) is 18.1. The number of aliphatic hydroxyl groups excluding tert-OH is 2. The second-order valence-corrected chi connectivity index (χ2v) is 17.2. The lowest BCUT2D eigenvalue weighted by Crippen LogP contribution is -2.37. The number of methoxy groups -OCH3 is 8. The van der Waals surface area contributed by atoms with Crippen LogP contribution in [0, 0.1) is 0 Å². The average Bonchev–Trinajstić information content (AvgIpc) is 3.31. The molecule has 390 valence electrons. The summed E-state index contributed by atoms with van der Waals surface area (Å²) in [6, 6.07) is 0. The first kappa shape index (κ1) is 64.0. The molecule has 3 fully saturated rings. The van der Waals surface area contributed by atoms with E-state index < -0.39 is 35.1 Å². The van der Waals surface area contributed by atoms with E-state index in [2.05, 4.69) is 13.5 Å². The summed E-state index contributed by atoms with van der Waals surface area (Å²) in [4.78, 5) is 0. The molecule has 0 aliphatic carbocycles. The largest absolute Gasteiger partial charge is 0.396 e. The Morgan fingerprint density at radius 1 is 0.585 bits per heavy atom. The van der Waals surface area contributed by atoms with Crippen molar-refractivity contribution in [2.75, 3.05) is 96.2 Å². The Morgan fingerprint density at radius 3 is 1.22 bits per heavy atom. The number of ether oxygens (including phenoxy) is 14. The zero-order chi connectivity index (χ0) is 48.7. The smallest absolute Gasteiger partial charge is 0.264 e. The van der Waals surface area contributed by atoms with Crippen molar-refractivity contribution in [1.82, 2.24) is 0 Å².